The summed E-state index contributed by atoms with van der Waals surface area (Å²) < 4.78 is 5.92. The molecule has 0 bridgehead atoms. The molecule has 0 aromatic heterocycles. The summed E-state index contributed by atoms with van der Waals surface area (Å²) in [5.74, 6) is -0.146. The summed E-state index contributed by atoms with van der Waals surface area (Å²) in [5, 5.41) is 44.9. The van der Waals surface area contributed by atoms with Gasteiger partial charge in [-0.05, 0) is 100 Å². The SMILES string of the molecule is CCC(C)c1cc(O)c([C@@H]2O[C@H](CO)C[C@H](O)[C@H]2O)cc1Cc1ccc(/C=C/C(C)(C)C(=O)NC(C)(C)C(=O)N2CCN(C)CC2)cc1C. The van der Waals surface area contributed by atoms with Crippen molar-refractivity contribution < 1.29 is 34.8 Å². The van der Waals surface area contributed by atoms with Crippen molar-refractivity contribution in [2.45, 2.75) is 104 Å². The molecule has 49 heavy (non-hydrogen) atoms. The first-order valence-corrected chi connectivity index (χ1v) is 17.5. The smallest absolute Gasteiger partial charge is 0.247 e. The zero-order valence-corrected chi connectivity index (χ0v) is 30.5. The number of aryl methyl sites for hydroxylation is 1. The Bertz CT molecular complexity index is 1510. The quantitative estimate of drug-likeness (QED) is 0.240. The van der Waals surface area contributed by atoms with Crippen LogP contribution in [0, 0.1) is 12.3 Å². The first-order valence-electron chi connectivity index (χ1n) is 17.5. The Morgan fingerprint density at radius 2 is 1.73 bits per heavy atom. The molecule has 4 rings (SSSR count). The van der Waals surface area contributed by atoms with E-state index in [0.29, 0.717) is 25.1 Å². The number of aliphatic hydroxyl groups is 3. The van der Waals surface area contributed by atoms with Gasteiger partial charge in [-0.25, -0.2) is 0 Å². The number of phenolic OH excluding ortho intramolecular Hbond substituents is 1. The molecule has 0 saturated carbocycles. The predicted octanol–water partition coefficient (Wildman–Crippen LogP) is 4.06. The lowest BCUT2D eigenvalue weighted by Gasteiger charge is -2.38. The molecular weight excluding hydrogens is 622 g/mol. The van der Waals surface area contributed by atoms with Crippen molar-refractivity contribution in [2.75, 3.05) is 39.8 Å². The van der Waals surface area contributed by atoms with Crippen LogP contribution in [0.1, 0.15) is 99.8 Å². The van der Waals surface area contributed by atoms with Crippen molar-refractivity contribution in [1.82, 2.24) is 15.1 Å². The highest BCUT2D eigenvalue weighted by atomic mass is 16.5. The van der Waals surface area contributed by atoms with E-state index in [-0.39, 0.29) is 36.5 Å². The number of nitrogens with one attached hydrogen (secondary N) is 1. The first-order chi connectivity index (χ1) is 23.0. The predicted molar refractivity (Wildman–Crippen MR) is 191 cm³/mol. The molecule has 1 unspecified atom stereocenters. The number of aromatic hydroxyl groups is 1. The summed E-state index contributed by atoms with van der Waals surface area (Å²) in [5.41, 5.74) is 3.55. The third kappa shape index (κ3) is 9.10. The van der Waals surface area contributed by atoms with Crippen LogP contribution in [-0.4, -0.2) is 106 Å². The van der Waals surface area contributed by atoms with Crippen LogP contribution in [0.15, 0.2) is 36.4 Å². The number of benzene rings is 2. The van der Waals surface area contributed by atoms with Gasteiger partial charge in [0.1, 0.15) is 23.5 Å². The van der Waals surface area contributed by atoms with Crippen molar-refractivity contribution in [1.29, 1.82) is 0 Å². The van der Waals surface area contributed by atoms with E-state index in [1.54, 1.807) is 19.9 Å². The van der Waals surface area contributed by atoms with Gasteiger partial charge in [-0.15, -0.1) is 0 Å². The number of piperazine rings is 1. The molecule has 5 N–H and O–H groups in total. The second-order valence-corrected chi connectivity index (χ2v) is 15.2. The molecule has 5 atom stereocenters. The van der Waals surface area contributed by atoms with Crippen LogP contribution in [0.2, 0.25) is 0 Å². The minimum Gasteiger partial charge on any atom is -0.508 e. The number of amides is 2. The Hall–Kier alpha value is -3.28. The average molecular weight is 680 g/mol. The molecule has 0 spiro atoms. The molecule has 10 nitrogen and oxygen atoms in total. The van der Waals surface area contributed by atoms with Crippen molar-refractivity contribution in [3.05, 3.63) is 69.8 Å². The third-order valence-corrected chi connectivity index (χ3v) is 10.3. The van der Waals surface area contributed by atoms with Crippen molar-refractivity contribution >= 4 is 17.9 Å². The summed E-state index contributed by atoms with van der Waals surface area (Å²) in [7, 11) is 2.04. The lowest BCUT2D eigenvalue weighted by molar-refractivity contribution is -0.180. The van der Waals surface area contributed by atoms with Gasteiger partial charge < -0.3 is 40.3 Å². The molecule has 10 heteroatoms. The average Bonchev–Trinajstić information content (AvgIpc) is 3.06. The van der Waals surface area contributed by atoms with Crippen LogP contribution in [-0.2, 0) is 20.7 Å². The standard InChI is InChI=1S/C39H57N3O7/c1-9-24(2)30-22-32(44)31(35-34(46)33(45)21-29(23-43)49-35)20-28(30)19-27-11-10-26(18-25(27)3)12-13-38(4,5)36(47)40-39(6,7)37(48)42-16-14-41(8)15-17-42/h10-13,18,20,22,24,29,33-35,43-46H,9,14-17,19,21,23H2,1-8H3,(H,40,47)/b13-12+/t24?,29-,33-,34+,35-/m0/s1. The Morgan fingerprint density at radius 3 is 2.35 bits per heavy atom. The number of hydrogen-bond donors (Lipinski definition) is 5. The number of rotatable bonds is 11. The third-order valence-electron chi connectivity index (χ3n) is 10.3. The van der Waals surface area contributed by atoms with E-state index in [9.17, 15) is 30.0 Å². The van der Waals surface area contributed by atoms with Gasteiger partial charge in [-0.2, -0.15) is 0 Å². The van der Waals surface area contributed by atoms with Crippen LogP contribution >= 0.6 is 0 Å². The van der Waals surface area contributed by atoms with Crippen molar-refractivity contribution in [2.24, 2.45) is 5.41 Å². The molecule has 2 aromatic carbocycles. The van der Waals surface area contributed by atoms with Gasteiger partial charge in [0.05, 0.1) is 24.2 Å². The zero-order valence-electron chi connectivity index (χ0n) is 30.5. The van der Waals surface area contributed by atoms with Gasteiger partial charge >= 0.3 is 0 Å². The molecule has 2 aliphatic heterocycles. The van der Waals surface area contributed by atoms with Gasteiger partial charge in [-0.3, -0.25) is 9.59 Å². The maximum absolute atomic E-state index is 13.4. The topological polar surface area (TPSA) is 143 Å². The second-order valence-electron chi connectivity index (χ2n) is 15.2. The van der Waals surface area contributed by atoms with E-state index >= 15 is 0 Å². The Kier molecular flexibility index (Phi) is 12.4. The second kappa shape index (κ2) is 15.7. The van der Waals surface area contributed by atoms with Gasteiger partial charge in [0.25, 0.3) is 0 Å². The molecule has 0 aliphatic carbocycles. The fourth-order valence-electron chi connectivity index (χ4n) is 6.57. The number of carbonyl (C=O) groups excluding carboxylic acids is 2. The van der Waals surface area contributed by atoms with E-state index in [1.807, 2.05) is 57.0 Å². The maximum Gasteiger partial charge on any atom is 0.247 e. The summed E-state index contributed by atoms with van der Waals surface area (Å²) in [6.07, 6.45) is 1.41. The summed E-state index contributed by atoms with van der Waals surface area (Å²) in [6, 6.07) is 9.74. The minimum absolute atomic E-state index is 0.00942. The Morgan fingerprint density at radius 1 is 1.06 bits per heavy atom. The Balaban J connectivity index is 1.52. The first kappa shape index (κ1) is 38.5. The summed E-state index contributed by atoms with van der Waals surface area (Å²) in [4.78, 5) is 30.7. The number of ether oxygens (including phenoxy) is 1. The number of carbonyl (C=O) groups is 2. The van der Waals surface area contributed by atoms with E-state index < -0.39 is 35.4 Å². The molecule has 270 valence electrons. The molecular formula is C39H57N3O7. The van der Waals surface area contributed by atoms with Crippen LogP contribution in [0.25, 0.3) is 6.08 Å². The van der Waals surface area contributed by atoms with Crippen molar-refractivity contribution in [3.8, 4) is 5.75 Å². The van der Waals surface area contributed by atoms with Gasteiger partial charge in [0.15, 0.2) is 0 Å². The fourth-order valence-corrected chi connectivity index (χ4v) is 6.57. The van der Waals surface area contributed by atoms with E-state index in [4.69, 9.17) is 4.74 Å². The van der Waals surface area contributed by atoms with Crippen LogP contribution < -0.4 is 5.32 Å². The number of hydrogen-bond acceptors (Lipinski definition) is 8. The summed E-state index contributed by atoms with van der Waals surface area (Å²) in [6.45, 7) is 16.1. The van der Waals surface area contributed by atoms with E-state index in [0.717, 1.165) is 47.3 Å². The zero-order chi connectivity index (χ0) is 36.3. The number of nitrogens with zero attached hydrogens (tertiary/aromatic N) is 2. The minimum atomic E-state index is -1.24. The molecule has 2 aliphatic rings. The highest BCUT2D eigenvalue weighted by Crippen LogP contribution is 2.40. The highest BCUT2D eigenvalue weighted by molar-refractivity contribution is 5.93. The maximum atomic E-state index is 13.4. The Labute approximate surface area is 291 Å². The molecule has 2 saturated heterocycles. The fraction of sp³-hybridized carbons (Fsp3) is 0.590. The van der Waals surface area contributed by atoms with Gasteiger partial charge in [0.2, 0.25) is 11.8 Å². The molecule has 2 aromatic rings. The van der Waals surface area contributed by atoms with Gasteiger partial charge in [0, 0.05) is 38.2 Å². The van der Waals surface area contributed by atoms with Crippen LogP contribution in [0.3, 0.4) is 0 Å². The lowest BCUT2D eigenvalue weighted by atomic mass is 9.85. The number of phenols is 1. The number of likely N-dealkylation sites (N-methyl/N-ethyl adjacent to an activating group) is 1. The highest BCUT2D eigenvalue weighted by Gasteiger charge is 2.40. The normalized spacial score (nSPS) is 23.1. The monoisotopic (exact) mass is 679 g/mol. The lowest BCUT2D eigenvalue weighted by Crippen LogP contribution is -2.60. The summed E-state index contributed by atoms with van der Waals surface area (Å²) >= 11 is 0. The molecule has 2 heterocycles. The van der Waals surface area contributed by atoms with E-state index in [1.165, 1.54) is 0 Å². The largest absolute Gasteiger partial charge is 0.508 e. The molecule has 0 radical (unpaired) electrons. The van der Waals surface area contributed by atoms with Crippen molar-refractivity contribution in [3.63, 3.8) is 0 Å². The number of aliphatic hydroxyl groups excluding tert-OH is 3. The van der Waals surface area contributed by atoms with E-state index in [2.05, 4.69) is 36.2 Å². The van der Waals surface area contributed by atoms with Crippen LogP contribution in [0.4, 0.5) is 0 Å². The van der Waals surface area contributed by atoms with Gasteiger partial charge in [-0.1, -0.05) is 44.2 Å². The molecule has 2 amide bonds. The molecule has 2 fully saturated rings. The van der Waals surface area contributed by atoms with Crippen LogP contribution in [0.5, 0.6) is 5.75 Å².